The Morgan fingerprint density at radius 3 is 2.47 bits per heavy atom. The Bertz CT molecular complexity index is 597. The van der Waals surface area contributed by atoms with Crippen molar-refractivity contribution in [1.82, 2.24) is 4.98 Å². The van der Waals surface area contributed by atoms with E-state index in [-0.39, 0.29) is 5.82 Å². The zero-order valence-corrected chi connectivity index (χ0v) is 10.0. The van der Waals surface area contributed by atoms with Gasteiger partial charge < -0.3 is 10.5 Å². The first-order valence-electron chi connectivity index (χ1n) is 5.40. The predicted octanol–water partition coefficient (Wildman–Crippen LogP) is 3.36. The highest BCUT2D eigenvalue weighted by atomic mass is 19.4. The summed E-state index contributed by atoms with van der Waals surface area (Å²) in [5.74, 6) is 0.521. The minimum Gasteiger partial charge on any atom is -0.493 e. The maximum atomic E-state index is 12.6. The molecule has 2 aromatic rings. The van der Waals surface area contributed by atoms with Crippen LogP contribution in [0.15, 0.2) is 36.4 Å². The molecule has 0 radical (unpaired) electrons. The number of nitrogens with two attached hydrogens (primary N) is 1. The van der Waals surface area contributed by atoms with Crippen molar-refractivity contribution in [3.05, 3.63) is 42.0 Å². The third-order valence-corrected chi connectivity index (χ3v) is 2.59. The van der Waals surface area contributed by atoms with Crippen molar-refractivity contribution in [2.45, 2.75) is 6.18 Å². The largest absolute Gasteiger partial charge is 0.493 e. The second-order valence-corrected chi connectivity index (χ2v) is 3.86. The van der Waals surface area contributed by atoms with Gasteiger partial charge in [0.05, 0.1) is 18.4 Å². The van der Waals surface area contributed by atoms with E-state index in [9.17, 15) is 13.2 Å². The van der Waals surface area contributed by atoms with E-state index in [1.807, 2.05) is 0 Å². The number of nitrogen functional groups attached to an aromatic ring is 1. The molecule has 0 bridgehead atoms. The van der Waals surface area contributed by atoms with Crippen LogP contribution in [0.5, 0.6) is 5.75 Å². The van der Waals surface area contributed by atoms with Crippen molar-refractivity contribution in [2.75, 3.05) is 12.8 Å². The normalized spacial score (nSPS) is 11.4. The second-order valence-electron chi connectivity index (χ2n) is 3.86. The number of methoxy groups -OCH3 is 1. The molecule has 6 heteroatoms. The number of rotatable bonds is 2. The van der Waals surface area contributed by atoms with Crippen LogP contribution in [-0.4, -0.2) is 12.1 Å². The molecule has 1 aromatic carbocycles. The monoisotopic (exact) mass is 268 g/mol. The molecule has 0 spiro atoms. The van der Waals surface area contributed by atoms with Gasteiger partial charge in [-0.15, -0.1) is 0 Å². The quantitative estimate of drug-likeness (QED) is 0.908. The van der Waals surface area contributed by atoms with Gasteiger partial charge in [-0.2, -0.15) is 13.2 Å². The molecular weight excluding hydrogens is 257 g/mol. The summed E-state index contributed by atoms with van der Waals surface area (Å²) in [5, 5.41) is 0. The number of hydrogen-bond acceptors (Lipinski definition) is 3. The molecule has 0 aliphatic carbocycles. The highest BCUT2D eigenvalue weighted by Crippen LogP contribution is 2.32. The van der Waals surface area contributed by atoms with Crippen molar-refractivity contribution in [3.8, 4) is 17.0 Å². The fraction of sp³-hybridized carbons (Fsp3) is 0.154. The van der Waals surface area contributed by atoms with Gasteiger partial charge in [0.1, 0.15) is 0 Å². The van der Waals surface area contributed by atoms with Crippen LogP contribution < -0.4 is 10.5 Å². The smallest absolute Gasteiger partial charge is 0.416 e. The van der Waals surface area contributed by atoms with Gasteiger partial charge in [-0.1, -0.05) is 12.1 Å². The van der Waals surface area contributed by atoms with Gasteiger partial charge in [0.2, 0.25) is 0 Å². The van der Waals surface area contributed by atoms with E-state index in [4.69, 9.17) is 10.5 Å². The fourth-order valence-electron chi connectivity index (χ4n) is 1.65. The van der Waals surface area contributed by atoms with Crippen molar-refractivity contribution in [3.63, 3.8) is 0 Å². The molecule has 0 fully saturated rings. The number of pyridine rings is 1. The maximum Gasteiger partial charge on any atom is 0.416 e. The lowest BCUT2D eigenvalue weighted by Crippen LogP contribution is -2.04. The number of alkyl halides is 3. The van der Waals surface area contributed by atoms with Gasteiger partial charge in [0.25, 0.3) is 0 Å². The fourth-order valence-corrected chi connectivity index (χ4v) is 1.65. The minimum atomic E-state index is -4.38. The highest BCUT2D eigenvalue weighted by Gasteiger charge is 2.30. The number of nitrogens with zero attached hydrogens (tertiary/aromatic N) is 1. The van der Waals surface area contributed by atoms with Gasteiger partial charge in [-0.25, -0.2) is 4.98 Å². The summed E-state index contributed by atoms with van der Waals surface area (Å²) in [7, 11) is 1.44. The van der Waals surface area contributed by atoms with Crippen molar-refractivity contribution < 1.29 is 17.9 Å². The number of halogens is 3. The molecule has 0 saturated heterocycles. The molecule has 100 valence electrons. The average molecular weight is 268 g/mol. The van der Waals surface area contributed by atoms with Gasteiger partial charge in [-0.05, 0) is 24.3 Å². The number of ether oxygens (including phenoxy) is 1. The molecule has 0 saturated carbocycles. The van der Waals surface area contributed by atoms with Crippen LogP contribution in [0.2, 0.25) is 0 Å². The average Bonchev–Trinajstić information content (AvgIpc) is 2.38. The van der Waals surface area contributed by atoms with Crippen LogP contribution >= 0.6 is 0 Å². The first-order chi connectivity index (χ1) is 8.91. The minimum absolute atomic E-state index is 0.136. The Labute approximate surface area is 107 Å². The molecule has 19 heavy (non-hydrogen) atoms. The lowest BCUT2D eigenvalue weighted by molar-refractivity contribution is -0.137. The number of anilines is 1. The van der Waals surface area contributed by atoms with Gasteiger partial charge in [0, 0.05) is 5.56 Å². The third-order valence-electron chi connectivity index (χ3n) is 2.59. The Balaban J connectivity index is 2.45. The Morgan fingerprint density at radius 2 is 1.89 bits per heavy atom. The predicted molar refractivity (Wildman–Crippen MR) is 65.6 cm³/mol. The number of benzene rings is 1. The van der Waals surface area contributed by atoms with Crippen LogP contribution in [-0.2, 0) is 6.18 Å². The lowest BCUT2D eigenvalue weighted by atomic mass is 10.1. The summed E-state index contributed by atoms with van der Waals surface area (Å²) in [6.07, 6.45) is -4.38. The molecule has 3 nitrogen and oxygen atoms in total. The van der Waals surface area contributed by atoms with E-state index < -0.39 is 11.7 Å². The summed E-state index contributed by atoms with van der Waals surface area (Å²) in [6, 6.07) is 8.05. The van der Waals surface area contributed by atoms with E-state index in [1.54, 1.807) is 18.2 Å². The molecule has 1 aromatic heterocycles. The molecule has 0 aliphatic heterocycles. The lowest BCUT2D eigenvalue weighted by Gasteiger charge is -2.09. The molecule has 1 heterocycles. The second kappa shape index (κ2) is 4.79. The van der Waals surface area contributed by atoms with Crippen LogP contribution in [0.4, 0.5) is 19.0 Å². The summed E-state index contributed by atoms with van der Waals surface area (Å²) in [6.45, 7) is 0. The van der Waals surface area contributed by atoms with E-state index in [2.05, 4.69) is 4.98 Å². The van der Waals surface area contributed by atoms with E-state index in [0.717, 1.165) is 12.1 Å². The highest BCUT2D eigenvalue weighted by molar-refractivity contribution is 5.64. The van der Waals surface area contributed by atoms with Crippen LogP contribution in [0, 0.1) is 0 Å². The molecule has 0 unspecified atom stereocenters. The summed E-state index contributed by atoms with van der Waals surface area (Å²) < 4.78 is 42.8. The molecule has 2 rings (SSSR count). The van der Waals surface area contributed by atoms with Crippen molar-refractivity contribution in [1.29, 1.82) is 0 Å². The van der Waals surface area contributed by atoms with E-state index in [1.165, 1.54) is 13.2 Å². The number of aromatic nitrogens is 1. The summed E-state index contributed by atoms with van der Waals surface area (Å²) in [5.41, 5.74) is 5.63. The van der Waals surface area contributed by atoms with Crippen LogP contribution in [0.1, 0.15) is 5.56 Å². The van der Waals surface area contributed by atoms with Gasteiger partial charge >= 0.3 is 6.18 Å². The molecule has 0 atom stereocenters. The maximum absolute atomic E-state index is 12.6. The Morgan fingerprint density at radius 1 is 1.16 bits per heavy atom. The van der Waals surface area contributed by atoms with Gasteiger partial charge in [-0.3, -0.25) is 0 Å². The first kappa shape index (κ1) is 13.2. The molecule has 0 amide bonds. The Kier molecular flexibility index (Phi) is 3.33. The molecule has 2 N–H and O–H groups in total. The summed E-state index contributed by atoms with van der Waals surface area (Å²) >= 11 is 0. The van der Waals surface area contributed by atoms with Crippen molar-refractivity contribution in [2.24, 2.45) is 0 Å². The topological polar surface area (TPSA) is 48.1 Å². The van der Waals surface area contributed by atoms with Crippen LogP contribution in [0.3, 0.4) is 0 Å². The third kappa shape index (κ3) is 2.78. The molecular formula is C13H11F3N2O. The zero-order chi connectivity index (χ0) is 14.0. The summed E-state index contributed by atoms with van der Waals surface area (Å²) in [4.78, 5) is 4.02. The van der Waals surface area contributed by atoms with E-state index >= 15 is 0 Å². The SMILES string of the molecule is COc1ccc(-c2cccc(C(F)(F)F)c2)nc1N. The standard InChI is InChI=1S/C13H11F3N2O/c1-19-11-6-5-10(18-12(11)17)8-3-2-4-9(7-8)13(14,15)16/h2-7H,1H3,(H2,17,18). The number of hydrogen-bond donors (Lipinski definition) is 1. The van der Waals surface area contributed by atoms with Crippen LogP contribution in [0.25, 0.3) is 11.3 Å². The molecule has 0 aliphatic rings. The Hall–Kier alpha value is -2.24. The van der Waals surface area contributed by atoms with Crippen molar-refractivity contribution >= 4 is 5.82 Å². The van der Waals surface area contributed by atoms with Gasteiger partial charge in [0.15, 0.2) is 11.6 Å². The zero-order valence-electron chi connectivity index (χ0n) is 10.0. The van der Waals surface area contributed by atoms with E-state index in [0.29, 0.717) is 17.0 Å². The first-order valence-corrected chi connectivity index (χ1v) is 5.40.